The molecule has 5 heteroatoms. The van der Waals surface area contributed by atoms with Crippen LogP contribution in [0, 0.1) is 6.92 Å². The Hall–Kier alpha value is -2.63. The lowest BCUT2D eigenvalue weighted by Crippen LogP contribution is -2.36. The molecule has 1 amide bonds. The zero-order chi connectivity index (χ0) is 19.3. The van der Waals surface area contributed by atoms with Crippen LogP contribution in [-0.4, -0.2) is 41.7 Å². The minimum atomic E-state index is 0.0330. The third-order valence-electron chi connectivity index (χ3n) is 5.41. The molecule has 0 saturated carbocycles. The van der Waals surface area contributed by atoms with Gasteiger partial charge >= 0.3 is 0 Å². The van der Waals surface area contributed by atoms with Crippen LogP contribution < -0.4 is 5.32 Å². The predicted molar refractivity (Wildman–Crippen MR) is 111 cm³/mol. The summed E-state index contributed by atoms with van der Waals surface area (Å²) in [4.78, 5) is 15.0. The largest absolute Gasteiger partial charge is 0.379 e. The molecule has 146 valence electrons. The van der Waals surface area contributed by atoms with Crippen LogP contribution in [0.25, 0.3) is 10.9 Å². The lowest BCUT2D eigenvalue weighted by Gasteiger charge is -2.27. The second-order valence-corrected chi connectivity index (χ2v) is 7.36. The van der Waals surface area contributed by atoms with E-state index in [1.165, 1.54) is 16.5 Å². The Morgan fingerprint density at radius 3 is 2.57 bits per heavy atom. The number of carbonyl (C=O) groups excluding carboxylic acids is 1. The Balaban J connectivity index is 1.40. The van der Waals surface area contributed by atoms with Crippen LogP contribution in [0.1, 0.15) is 16.8 Å². The van der Waals surface area contributed by atoms with Crippen molar-refractivity contribution in [3.05, 3.63) is 71.4 Å². The first kappa shape index (κ1) is 18.7. The van der Waals surface area contributed by atoms with E-state index in [1.54, 1.807) is 0 Å². The normalized spacial score (nSPS) is 15.0. The number of ether oxygens (including phenoxy) is 1. The van der Waals surface area contributed by atoms with E-state index in [9.17, 15) is 4.79 Å². The van der Waals surface area contributed by atoms with Crippen molar-refractivity contribution in [2.75, 3.05) is 26.3 Å². The summed E-state index contributed by atoms with van der Waals surface area (Å²) in [5, 5.41) is 4.27. The molecule has 3 aromatic rings. The van der Waals surface area contributed by atoms with Gasteiger partial charge in [-0.05, 0) is 35.6 Å². The molecule has 2 aromatic carbocycles. The summed E-state index contributed by atoms with van der Waals surface area (Å²) in [5.74, 6) is 0.0330. The summed E-state index contributed by atoms with van der Waals surface area (Å²) < 4.78 is 7.51. The van der Waals surface area contributed by atoms with Gasteiger partial charge in [-0.3, -0.25) is 9.69 Å². The van der Waals surface area contributed by atoms with Gasteiger partial charge in [-0.25, -0.2) is 0 Å². The van der Waals surface area contributed by atoms with E-state index in [2.05, 4.69) is 51.2 Å². The third-order valence-corrected chi connectivity index (χ3v) is 5.41. The molecule has 1 N–H and O–H groups in total. The van der Waals surface area contributed by atoms with Gasteiger partial charge in [0.25, 0.3) is 0 Å². The van der Waals surface area contributed by atoms with Gasteiger partial charge in [0, 0.05) is 37.4 Å². The number of rotatable bonds is 6. The number of fused-ring (bicyclic) bond motifs is 1. The minimum Gasteiger partial charge on any atom is -0.379 e. The van der Waals surface area contributed by atoms with Crippen LogP contribution in [0.5, 0.6) is 0 Å². The molecule has 0 bridgehead atoms. The molecule has 1 aliphatic heterocycles. The number of hydrogen-bond acceptors (Lipinski definition) is 3. The molecule has 0 aliphatic carbocycles. The fourth-order valence-corrected chi connectivity index (χ4v) is 3.84. The number of morpholine rings is 1. The fraction of sp³-hybridized carbons (Fsp3) is 0.348. The van der Waals surface area contributed by atoms with Gasteiger partial charge in [-0.15, -0.1) is 0 Å². The maximum Gasteiger partial charge on any atom is 0.240 e. The lowest BCUT2D eigenvalue weighted by molar-refractivity contribution is -0.121. The van der Waals surface area contributed by atoms with Crippen LogP contribution in [0.3, 0.4) is 0 Å². The predicted octanol–water partition coefficient (Wildman–Crippen LogP) is 3.10. The Morgan fingerprint density at radius 1 is 1.04 bits per heavy atom. The number of carbonyl (C=O) groups is 1. The molecule has 1 aliphatic rings. The zero-order valence-corrected chi connectivity index (χ0v) is 16.4. The van der Waals surface area contributed by atoms with Gasteiger partial charge in [0.05, 0.1) is 13.2 Å². The molecule has 1 fully saturated rings. The van der Waals surface area contributed by atoms with E-state index in [0.29, 0.717) is 13.1 Å². The third kappa shape index (κ3) is 4.26. The first-order valence-corrected chi connectivity index (χ1v) is 9.89. The van der Waals surface area contributed by atoms with Crippen LogP contribution in [0.4, 0.5) is 0 Å². The Kier molecular flexibility index (Phi) is 5.74. The van der Waals surface area contributed by atoms with Crippen LogP contribution >= 0.6 is 0 Å². The number of aromatic nitrogens is 1. The van der Waals surface area contributed by atoms with Gasteiger partial charge in [0.1, 0.15) is 6.54 Å². The SMILES string of the molecule is Cc1cc2ccccc2n1CC(=O)NCc1ccccc1CN1CCOCC1. The number of amides is 1. The molecule has 1 saturated heterocycles. The molecule has 0 spiro atoms. The molecular formula is C23H27N3O2. The number of hydrogen-bond donors (Lipinski definition) is 1. The molecule has 28 heavy (non-hydrogen) atoms. The van der Waals surface area contributed by atoms with Crippen LogP contribution in [-0.2, 0) is 29.2 Å². The van der Waals surface area contributed by atoms with Crippen molar-refractivity contribution < 1.29 is 9.53 Å². The molecule has 0 radical (unpaired) electrons. The first-order valence-electron chi connectivity index (χ1n) is 9.89. The highest BCUT2D eigenvalue weighted by Crippen LogP contribution is 2.19. The molecule has 5 nitrogen and oxygen atoms in total. The van der Waals surface area contributed by atoms with E-state index in [4.69, 9.17) is 4.74 Å². The van der Waals surface area contributed by atoms with Gasteiger partial charge < -0.3 is 14.6 Å². The van der Waals surface area contributed by atoms with Crippen LogP contribution in [0.15, 0.2) is 54.6 Å². The summed E-state index contributed by atoms with van der Waals surface area (Å²) in [7, 11) is 0. The summed E-state index contributed by atoms with van der Waals surface area (Å²) in [6.07, 6.45) is 0. The molecule has 0 atom stereocenters. The van der Waals surface area contributed by atoms with Crippen molar-refractivity contribution >= 4 is 16.8 Å². The quantitative estimate of drug-likeness (QED) is 0.718. The molecule has 2 heterocycles. The standard InChI is InChI=1S/C23H27N3O2/c1-18-14-19-6-4-5-9-22(19)26(18)17-23(27)24-15-20-7-2-3-8-21(20)16-25-10-12-28-13-11-25/h2-9,14H,10-13,15-17H2,1H3,(H,24,27). The Bertz CT molecular complexity index is 957. The molecule has 0 unspecified atom stereocenters. The monoisotopic (exact) mass is 377 g/mol. The van der Waals surface area contributed by atoms with E-state index in [0.717, 1.165) is 44.1 Å². The second kappa shape index (κ2) is 8.59. The van der Waals surface area contributed by atoms with E-state index in [1.807, 2.05) is 25.1 Å². The highest BCUT2D eigenvalue weighted by molar-refractivity contribution is 5.84. The Morgan fingerprint density at radius 2 is 1.75 bits per heavy atom. The average molecular weight is 377 g/mol. The average Bonchev–Trinajstić information content (AvgIpc) is 3.03. The zero-order valence-electron chi connectivity index (χ0n) is 16.4. The van der Waals surface area contributed by atoms with Crippen molar-refractivity contribution in [2.45, 2.75) is 26.6 Å². The summed E-state index contributed by atoms with van der Waals surface area (Å²) in [6.45, 7) is 7.34. The maximum atomic E-state index is 12.6. The van der Waals surface area contributed by atoms with E-state index in [-0.39, 0.29) is 5.91 Å². The van der Waals surface area contributed by atoms with Gasteiger partial charge in [-0.2, -0.15) is 0 Å². The van der Waals surface area contributed by atoms with Gasteiger partial charge in [-0.1, -0.05) is 42.5 Å². The number of para-hydroxylation sites is 1. The van der Waals surface area contributed by atoms with Crippen molar-refractivity contribution in [2.24, 2.45) is 0 Å². The molecular weight excluding hydrogens is 350 g/mol. The highest BCUT2D eigenvalue weighted by atomic mass is 16.5. The summed E-state index contributed by atoms with van der Waals surface area (Å²) in [5.41, 5.74) is 4.65. The number of nitrogens with one attached hydrogen (secondary N) is 1. The number of nitrogens with zero attached hydrogens (tertiary/aromatic N) is 2. The summed E-state index contributed by atoms with van der Waals surface area (Å²) in [6, 6.07) is 18.7. The van der Waals surface area contributed by atoms with Crippen molar-refractivity contribution in [1.29, 1.82) is 0 Å². The molecule has 1 aromatic heterocycles. The van der Waals surface area contributed by atoms with Crippen molar-refractivity contribution in [3.63, 3.8) is 0 Å². The maximum absolute atomic E-state index is 12.6. The number of benzene rings is 2. The van der Waals surface area contributed by atoms with Crippen molar-refractivity contribution in [3.8, 4) is 0 Å². The topological polar surface area (TPSA) is 46.5 Å². The highest BCUT2D eigenvalue weighted by Gasteiger charge is 2.14. The van der Waals surface area contributed by atoms with Gasteiger partial charge in [0.15, 0.2) is 0 Å². The Labute approximate surface area is 165 Å². The van der Waals surface area contributed by atoms with Crippen molar-refractivity contribution in [1.82, 2.24) is 14.8 Å². The minimum absolute atomic E-state index is 0.0330. The van der Waals surface area contributed by atoms with Crippen LogP contribution in [0.2, 0.25) is 0 Å². The smallest absolute Gasteiger partial charge is 0.240 e. The lowest BCUT2D eigenvalue weighted by atomic mass is 10.1. The second-order valence-electron chi connectivity index (χ2n) is 7.36. The van der Waals surface area contributed by atoms with E-state index >= 15 is 0 Å². The summed E-state index contributed by atoms with van der Waals surface area (Å²) >= 11 is 0. The fourth-order valence-electron chi connectivity index (χ4n) is 3.84. The van der Waals surface area contributed by atoms with E-state index < -0.39 is 0 Å². The first-order chi connectivity index (χ1) is 13.7. The molecule has 4 rings (SSSR count). The van der Waals surface area contributed by atoms with Gasteiger partial charge in [0.2, 0.25) is 5.91 Å². The number of aryl methyl sites for hydroxylation is 1.